The van der Waals surface area contributed by atoms with Crippen molar-refractivity contribution in [3.8, 4) is 0 Å². The molecule has 0 saturated carbocycles. The van der Waals surface area contributed by atoms with Crippen LogP contribution in [0.5, 0.6) is 0 Å². The van der Waals surface area contributed by atoms with Crippen LogP contribution in [0.2, 0.25) is 0 Å². The number of aryl methyl sites for hydroxylation is 2. The van der Waals surface area contributed by atoms with Gasteiger partial charge in [0.15, 0.2) is 0 Å². The standard InChI is InChI=1S/C16H25NO4S/c1-12-4-5-13(2)15(10-12)17-22(18,19)11-16(20-3)14-6-8-21-9-7-14/h4-5,10,14,16-17H,6-9,11H2,1-3H3. The van der Waals surface area contributed by atoms with Crippen LogP contribution in [-0.2, 0) is 19.5 Å². The van der Waals surface area contributed by atoms with Crippen molar-refractivity contribution in [1.82, 2.24) is 0 Å². The molecule has 0 aromatic heterocycles. The molecule has 0 radical (unpaired) electrons. The predicted molar refractivity (Wildman–Crippen MR) is 87.7 cm³/mol. The molecule has 0 amide bonds. The molecule has 1 atom stereocenters. The maximum atomic E-state index is 12.5. The van der Waals surface area contributed by atoms with Gasteiger partial charge in [0.2, 0.25) is 10.0 Å². The first-order valence-electron chi connectivity index (χ1n) is 7.59. The third kappa shape index (κ3) is 4.69. The lowest BCUT2D eigenvalue weighted by atomic mass is 9.95. The van der Waals surface area contributed by atoms with Crippen LogP contribution < -0.4 is 4.72 Å². The topological polar surface area (TPSA) is 64.6 Å². The minimum atomic E-state index is -3.45. The summed E-state index contributed by atoms with van der Waals surface area (Å²) in [5, 5.41) is 0. The Hall–Kier alpha value is -1.11. The van der Waals surface area contributed by atoms with Crippen molar-refractivity contribution in [3.05, 3.63) is 29.3 Å². The number of sulfonamides is 1. The van der Waals surface area contributed by atoms with E-state index in [1.54, 1.807) is 7.11 Å². The van der Waals surface area contributed by atoms with Gasteiger partial charge >= 0.3 is 0 Å². The van der Waals surface area contributed by atoms with Crippen LogP contribution in [0.1, 0.15) is 24.0 Å². The van der Waals surface area contributed by atoms with Gasteiger partial charge in [-0.05, 0) is 49.8 Å². The number of anilines is 1. The molecule has 2 rings (SSSR count). The van der Waals surface area contributed by atoms with Crippen molar-refractivity contribution in [2.45, 2.75) is 32.8 Å². The number of ether oxygens (including phenoxy) is 2. The molecule has 1 aliphatic heterocycles. The van der Waals surface area contributed by atoms with E-state index in [1.807, 2.05) is 32.0 Å². The maximum absolute atomic E-state index is 12.5. The number of hydrogen-bond donors (Lipinski definition) is 1. The van der Waals surface area contributed by atoms with Gasteiger partial charge in [-0.1, -0.05) is 12.1 Å². The zero-order valence-electron chi connectivity index (χ0n) is 13.5. The first kappa shape index (κ1) is 17.2. The van der Waals surface area contributed by atoms with E-state index in [-0.39, 0.29) is 17.8 Å². The van der Waals surface area contributed by atoms with Gasteiger partial charge in [0.25, 0.3) is 0 Å². The summed E-state index contributed by atoms with van der Waals surface area (Å²) in [6.45, 7) is 5.19. The van der Waals surface area contributed by atoms with E-state index in [4.69, 9.17) is 9.47 Å². The van der Waals surface area contributed by atoms with Crippen LogP contribution in [0, 0.1) is 19.8 Å². The van der Waals surface area contributed by atoms with Crippen LogP contribution in [0.25, 0.3) is 0 Å². The van der Waals surface area contributed by atoms with Crippen LogP contribution >= 0.6 is 0 Å². The largest absolute Gasteiger partial charge is 0.381 e. The molecule has 1 fully saturated rings. The van der Waals surface area contributed by atoms with Crippen LogP contribution in [0.3, 0.4) is 0 Å². The van der Waals surface area contributed by atoms with Crippen molar-refractivity contribution in [1.29, 1.82) is 0 Å². The lowest BCUT2D eigenvalue weighted by molar-refractivity contribution is -0.00318. The molecule has 124 valence electrons. The average Bonchev–Trinajstić information content (AvgIpc) is 2.49. The zero-order valence-corrected chi connectivity index (χ0v) is 14.3. The fourth-order valence-corrected chi connectivity index (χ4v) is 4.23. The molecule has 0 bridgehead atoms. The average molecular weight is 327 g/mol. The highest BCUT2D eigenvalue weighted by atomic mass is 32.2. The Morgan fingerprint density at radius 2 is 2.00 bits per heavy atom. The third-order valence-corrected chi connectivity index (χ3v) is 5.43. The summed E-state index contributed by atoms with van der Waals surface area (Å²) in [7, 11) is -1.87. The summed E-state index contributed by atoms with van der Waals surface area (Å²) in [5.41, 5.74) is 2.58. The molecule has 0 aliphatic carbocycles. The summed E-state index contributed by atoms with van der Waals surface area (Å²) in [4.78, 5) is 0. The van der Waals surface area contributed by atoms with Crippen molar-refractivity contribution < 1.29 is 17.9 Å². The Labute approximate surface area is 133 Å². The second-order valence-corrected chi connectivity index (χ2v) is 7.69. The first-order chi connectivity index (χ1) is 10.4. The minimum Gasteiger partial charge on any atom is -0.381 e. The molecule has 1 unspecified atom stereocenters. The predicted octanol–water partition coefficient (Wildman–Crippen LogP) is 2.49. The van der Waals surface area contributed by atoms with E-state index >= 15 is 0 Å². The zero-order chi connectivity index (χ0) is 16.2. The highest BCUT2D eigenvalue weighted by Crippen LogP contribution is 2.23. The molecular formula is C16H25NO4S. The fraction of sp³-hybridized carbons (Fsp3) is 0.625. The minimum absolute atomic E-state index is 0.0262. The van der Waals surface area contributed by atoms with Crippen molar-refractivity contribution in [2.75, 3.05) is 30.8 Å². The van der Waals surface area contributed by atoms with E-state index in [0.29, 0.717) is 18.9 Å². The first-order valence-corrected chi connectivity index (χ1v) is 9.25. The van der Waals surface area contributed by atoms with Crippen LogP contribution in [0.15, 0.2) is 18.2 Å². The summed E-state index contributed by atoms with van der Waals surface area (Å²) < 4.78 is 38.4. The monoisotopic (exact) mass is 327 g/mol. The van der Waals surface area contributed by atoms with Crippen molar-refractivity contribution >= 4 is 15.7 Å². The number of methoxy groups -OCH3 is 1. The third-order valence-electron chi connectivity index (χ3n) is 4.14. The van der Waals surface area contributed by atoms with E-state index in [1.165, 1.54) is 0 Å². The fourth-order valence-electron chi connectivity index (χ4n) is 2.76. The summed E-state index contributed by atoms with van der Waals surface area (Å²) >= 11 is 0. The Kier molecular flexibility index (Phi) is 5.83. The van der Waals surface area contributed by atoms with Gasteiger partial charge in [-0.2, -0.15) is 0 Å². The molecule has 1 N–H and O–H groups in total. The molecule has 5 nitrogen and oxygen atoms in total. The van der Waals surface area contributed by atoms with Gasteiger partial charge in [0, 0.05) is 20.3 Å². The van der Waals surface area contributed by atoms with Gasteiger partial charge in [-0.15, -0.1) is 0 Å². The Morgan fingerprint density at radius 3 is 2.64 bits per heavy atom. The smallest absolute Gasteiger partial charge is 0.235 e. The Balaban J connectivity index is 2.07. The van der Waals surface area contributed by atoms with Crippen LogP contribution in [0.4, 0.5) is 5.69 Å². The normalized spacial score (nSPS) is 18.1. The molecule has 1 aromatic carbocycles. The molecule has 1 heterocycles. The molecule has 0 spiro atoms. The second kappa shape index (κ2) is 7.44. The number of hydrogen-bond acceptors (Lipinski definition) is 4. The lowest BCUT2D eigenvalue weighted by Gasteiger charge is -2.29. The van der Waals surface area contributed by atoms with E-state index in [0.717, 1.165) is 24.0 Å². The van der Waals surface area contributed by atoms with Crippen LogP contribution in [-0.4, -0.2) is 40.6 Å². The Bertz CT molecular complexity index is 594. The number of benzene rings is 1. The Morgan fingerprint density at radius 1 is 1.32 bits per heavy atom. The highest BCUT2D eigenvalue weighted by molar-refractivity contribution is 7.92. The summed E-state index contributed by atoms with van der Waals surface area (Å²) in [6, 6.07) is 5.73. The van der Waals surface area contributed by atoms with Gasteiger partial charge in [0.1, 0.15) is 0 Å². The van der Waals surface area contributed by atoms with E-state index < -0.39 is 10.0 Å². The molecular weight excluding hydrogens is 302 g/mol. The summed E-state index contributed by atoms with van der Waals surface area (Å²) in [6.07, 6.45) is 1.39. The van der Waals surface area contributed by atoms with Gasteiger partial charge in [0.05, 0.1) is 17.5 Å². The lowest BCUT2D eigenvalue weighted by Crippen LogP contribution is -2.36. The SMILES string of the molecule is COC(CS(=O)(=O)Nc1cc(C)ccc1C)C1CCOCC1. The van der Waals surface area contributed by atoms with Crippen molar-refractivity contribution in [2.24, 2.45) is 5.92 Å². The molecule has 1 aliphatic rings. The van der Waals surface area contributed by atoms with Gasteiger partial charge < -0.3 is 9.47 Å². The van der Waals surface area contributed by atoms with Gasteiger partial charge in [-0.3, -0.25) is 4.72 Å². The van der Waals surface area contributed by atoms with Crippen molar-refractivity contribution in [3.63, 3.8) is 0 Å². The highest BCUT2D eigenvalue weighted by Gasteiger charge is 2.28. The molecule has 1 aromatic rings. The maximum Gasteiger partial charge on any atom is 0.235 e. The van der Waals surface area contributed by atoms with E-state index in [9.17, 15) is 8.42 Å². The van der Waals surface area contributed by atoms with E-state index in [2.05, 4.69) is 4.72 Å². The molecule has 22 heavy (non-hydrogen) atoms. The molecule has 1 saturated heterocycles. The molecule has 6 heteroatoms. The second-order valence-electron chi connectivity index (χ2n) is 5.93. The summed E-state index contributed by atoms with van der Waals surface area (Å²) in [5.74, 6) is 0.204. The number of rotatable bonds is 6. The van der Waals surface area contributed by atoms with Gasteiger partial charge in [-0.25, -0.2) is 8.42 Å². The quantitative estimate of drug-likeness (QED) is 0.872. The number of nitrogens with one attached hydrogen (secondary N) is 1.